The van der Waals surface area contributed by atoms with Crippen molar-refractivity contribution in [3.05, 3.63) is 96.1 Å². The molecule has 1 fully saturated rings. The zero-order valence-corrected chi connectivity index (χ0v) is 19.9. The van der Waals surface area contributed by atoms with Crippen LogP contribution in [0.25, 0.3) is 0 Å². The van der Waals surface area contributed by atoms with Crippen molar-refractivity contribution in [2.45, 2.75) is 30.4 Å². The van der Waals surface area contributed by atoms with Crippen LogP contribution in [0.1, 0.15) is 18.1 Å². The highest BCUT2D eigenvalue weighted by molar-refractivity contribution is 7.89. The van der Waals surface area contributed by atoms with E-state index < -0.39 is 39.7 Å². The lowest BCUT2D eigenvalue weighted by atomic mass is 9.94. The molecular weight excluding hydrogens is 471 g/mol. The molecule has 2 heterocycles. The second-order valence-corrected chi connectivity index (χ2v) is 10.4. The van der Waals surface area contributed by atoms with Crippen molar-refractivity contribution < 1.29 is 22.4 Å². The summed E-state index contributed by atoms with van der Waals surface area (Å²) < 4.78 is 40.9. The van der Waals surface area contributed by atoms with Gasteiger partial charge in [-0.1, -0.05) is 36.4 Å². The second kappa shape index (κ2) is 9.93. The van der Waals surface area contributed by atoms with Gasteiger partial charge in [0.05, 0.1) is 11.4 Å². The van der Waals surface area contributed by atoms with Crippen LogP contribution in [0.3, 0.4) is 0 Å². The van der Waals surface area contributed by atoms with E-state index in [4.69, 9.17) is 0 Å². The number of halogens is 1. The minimum Gasteiger partial charge on any atom is -0.350 e. The lowest BCUT2D eigenvalue weighted by Gasteiger charge is -2.46. The molecule has 1 N–H and O–H groups in total. The average molecular weight is 497 g/mol. The molecule has 0 radical (unpaired) electrons. The number of amides is 2. The summed E-state index contributed by atoms with van der Waals surface area (Å²) >= 11 is 0. The molecule has 0 saturated carbocycles. The van der Waals surface area contributed by atoms with E-state index in [1.807, 2.05) is 0 Å². The molecule has 1 atom stereocenters. The van der Waals surface area contributed by atoms with Crippen LogP contribution < -0.4 is 5.32 Å². The minimum atomic E-state index is -4.02. The first-order chi connectivity index (χ1) is 16.7. The maximum Gasteiger partial charge on any atom is 0.247 e. The van der Waals surface area contributed by atoms with Crippen molar-refractivity contribution in [3.8, 4) is 0 Å². The molecule has 3 aromatic rings. The van der Waals surface area contributed by atoms with Gasteiger partial charge in [-0.15, -0.1) is 0 Å². The number of nitrogens with zero attached hydrogens (tertiary/aromatic N) is 3. The molecule has 4 rings (SSSR count). The van der Waals surface area contributed by atoms with Crippen molar-refractivity contribution in [1.82, 2.24) is 19.5 Å². The number of sulfonamides is 1. The molecule has 182 valence electrons. The SMILES string of the molecule is C[C@]1(C(=O)NCc2ccc(F)cc2)CN(S(=O)(=O)c2ccccc2)CC(=O)N1Cc1cccnc1. The summed E-state index contributed by atoms with van der Waals surface area (Å²) in [6.07, 6.45) is 3.20. The molecule has 2 amide bonds. The van der Waals surface area contributed by atoms with E-state index in [2.05, 4.69) is 10.3 Å². The number of nitrogens with one attached hydrogen (secondary N) is 1. The Morgan fingerprint density at radius 1 is 1.06 bits per heavy atom. The highest BCUT2D eigenvalue weighted by Gasteiger charge is 2.50. The van der Waals surface area contributed by atoms with Crippen molar-refractivity contribution >= 4 is 21.8 Å². The number of hydrogen-bond acceptors (Lipinski definition) is 5. The van der Waals surface area contributed by atoms with E-state index >= 15 is 0 Å². The van der Waals surface area contributed by atoms with Gasteiger partial charge in [-0.05, 0) is 48.4 Å². The fraction of sp³-hybridized carbons (Fsp3) is 0.240. The van der Waals surface area contributed by atoms with Crippen molar-refractivity contribution in [2.24, 2.45) is 0 Å². The average Bonchev–Trinajstić information content (AvgIpc) is 2.86. The van der Waals surface area contributed by atoms with E-state index in [0.29, 0.717) is 11.1 Å². The van der Waals surface area contributed by atoms with Crippen molar-refractivity contribution in [2.75, 3.05) is 13.1 Å². The number of aromatic nitrogens is 1. The smallest absolute Gasteiger partial charge is 0.247 e. The number of pyridine rings is 1. The van der Waals surface area contributed by atoms with Crippen LogP contribution in [-0.2, 0) is 32.7 Å². The maximum absolute atomic E-state index is 13.5. The van der Waals surface area contributed by atoms with Crippen molar-refractivity contribution in [1.29, 1.82) is 0 Å². The standard InChI is InChI=1S/C25H25FN4O4S/c1-25(24(32)28-15-19-9-11-21(26)12-10-19)18-29(35(33,34)22-7-3-2-4-8-22)17-23(31)30(25)16-20-6-5-13-27-14-20/h2-14H,15-18H2,1H3,(H,28,32)/t25-/m1/s1. The molecule has 35 heavy (non-hydrogen) atoms. The predicted molar refractivity (Wildman–Crippen MR) is 127 cm³/mol. The highest BCUT2D eigenvalue weighted by Crippen LogP contribution is 2.29. The Kier molecular flexibility index (Phi) is 6.95. The zero-order valence-electron chi connectivity index (χ0n) is 19.1. The lowest BCUT2D eigenvalue weighted by Crippen LogP contribution is -2.69. The third-order valence-corrected chi connectivity index (χ3v) is 7.80. The summed E-state index contributed by atoms with van der Waals surface area (Å²) in [5.74, 6) is -1.42. The monoisotopic (exact) mass is 496 g/mol. The number of hydrogen-bond donors (Lipinski definition) is 1. The Hall–Kier alpha value is -3.63. The van der Waals surface area contributed by atoms with Gasteiger partial charge in [-0.25, -0.2) is 12.8 Å². The topological polar surface area (TPSA) is 99.7 Å². The molecule has 10 heteroatoms. The van der Waals surface area contributed by atoms with Crippen LogP contribution >= 0.6 is 0 Å². The van der Waals surface area contributed by atoms with E-state index in [1.54, 1.807) is 61.8 Å². The zero-order chi connectivity index (χ0) is 25.1. The van der Waals surface area contributed by atoms with Gasteiger partial charge in [0.15, 0.2) is 0 Å². The molecule has 0 aliphatic carbocycles. The number of carbonyl (C=O) groups is 2. The highest BCUT2D eigenvalue weighted by atomic mass is 32.2. The Morgan fingerprint density at radius 2 is 1.77 bits per heavy atom. The van der Waals surface area contributed by atoms with Crippen LogP contribution in [0.2, 0.25) is 0 Å². The molecule has 0 unspecified atom stereocenters. The molecular formula is C25H25FN4O4S. The second-order valence-electron chi connectivity index (χ2n) is 8.51. The fourth-order valence-electron chi connectivity index (χ4n) is 4.01. The maximum atomic E-state index is 13.5. The number of rotatable bonds is 7. The summed E-state index contributed by atoms with van der Waals surface area (Å²) in [5.41, 5.74) is -0.136. The molecule has 0 bridgehead atoms. The first-order valence-electron chi connectivity index (χ1n) is 11.0. The normalized spacial score (nSPS) is 18.9. The molecule has 2 aromatic carbocycles. The van der Waals surface area contributed by atoms with Gasteiger partial charge >= 0.3 is 0 Å². The fourth-order valence-corrected chi connectivity index (χ4v) is 5.51. The summed E-state index contributed by atoms with van der Waals surface area (Å²) in [6.45, 7) is 1.11. The Morgan fingerprint density at radius 3 is 2.43 bits per heavy atom. The third kappa shape index (κ3) is 5.23. The molecule has 0 spiro atoms. The van der Waals surface area contributed by atoms with Crippen molar-refractivity contribution in [3.63, 3.8) is 0 Å². The van der Waals surface area contributed by atoms with Crippen LogP contribution in [0.15, 0.2) is 84.0 Å². The van der Waals surface area contributed by atoms with Gasteiger partial charge in [-0.3, -0.25) is 14.6 Å². The Balaban J connectivity index is 1.64. The van der Waals surface area contributed by atoms with Gasteiger partial charge in [-0.2, -0.15) is 4.31 Å². The predicted octanol–water partition coefficient (Wildman–Crippen LogP) is 2.33. The summed E-state index contributed by atoms with van der Waals surface area (Å²) in [6, 6.07) is 17.0. The first kappa shape index (κ1) is 24.5. The van der Waals surface area contributed by atoms with E-state index in [9.17, 15) is 22.4 Å². The van der Waals surface area contributed by atoms with Gasteiger partial charge in [0.1, 0.15) is 11.4 Å². The quantitative estimate of drug-likeness (QED) is 0.541. The lowest BCUT2D eigenvalue weighted by molar-refractivity contribution is -0.153. The molecule has 1 saturated heterocycles. The van der Waals surface area contributed by atoms with Crippen LogP contribution in [0.4, 0.5) is 4.39 Å². The Labute approximate surface area is 203 Å². The van der Waals surface area contributed by atoms with Gasteiger partial charge in [0.2, 0.25) is 21.8 Å². The van der Waals surface area contributed by atoms with Crippen LogP contribution in [-0.4, -0.2) is 53.0 Å². The van der Waals surface area contributed by atoms with Gasteiger partial charge in [0.25, 0.3) is 0 Å². The Bertz CT molecular complexity index is 1300. The molecule has 1 aliphatic heterocycles. The molecule has 8 nitrogen and oxygen atoms in total. The number of piperazine rings is 1. The van der Waals surface area contributed by atoms with E-state index in [-0.39, 0.29) is 24.5 Å². The summed E-state index contributed by atoms with van der Waals surface area (Å²) in [5, 5.41) is 2.78. The van der Waals surface area contributed by atoms with E-state index in [0.717, 1.165) is 4.31 Å². The largest absolute Gasteiger partial charge is 0.350 e. The van der Waals surface area contributed by atoms with Crippen LogP contribution in [0, 0.1) is 5.82 Å². The number of benzene rings is 2. The summed E-state index contributed by atoms with van der Waals surface area (Å²) in [7, 11) is -4.02. The minimum absolute atomic E-state index is 0.0441. The third-order valence-electron chi connectivity index (χ3n) is 5.99. The van der Waals surface area contributed by atoms with Gasteiger partial charge in [0, 0.05) is 32.0 Å². The number of carbonyl (C=O) groups excluding carboxylic acids is 2. The van der Waals surface area contributed by atoms with E-state index in [1.165, 1.54) is 29.2 Å². The van der Waals surface area contributed by atoms with Gasteiger partial charge < -0.3 is 10.2 Å². The first-order valence-corrected chi connectivity index (χ1v) is 12.4. The van der Waals surface area contributed by atoms with Crippen LogP contribution in [0.5, 0.6) is 0 Å². The summed E-state index contributed by atoms with van der Waals surface area (Å²) in [4.78, 5) is 32.3. The molecule has 1 aliphatic rings. The molecule has 1 aromatic heterocycles.